The van der Waals surface area contributed by atoms with Crippen molar-refractivity contribution in [1.82, 2.24) is 9.97 Å². The Balaban J connectivity index is 2.31. The third-order valence-electron chi connectivity index (χ3n) is 2.29. The van der Waals surface area contributed by atoms with Gasteiger partial charge in [0, 0.05) is 22.8 Å². The zero-order valence-electron chi connectivity index (χ0n) is 9.19. The van der Waals surface area contributed by atoms with E-state index < -0.39 is 0 Å². The molecule has 0 N–H and O–H groups in total. The van der Waals surface area contributed by atoms with Crippen LogP contribution in [0, 0.1) is 6.92 Å². The van der Waals surface area contributed by atoms with Crippen LogP contribution in [0.5, 0.6) is 0 Å². The Morgan fingerprint density at radius 3 is 2.53 bits per heavy atom. The molecule has 0 unspecified atom stereocenters. The van der Waals surface area contributed by atoms with Crippen molar-refractivity contribution in [3.8, 4) is 11.3 Å². The molecule has 0 spiro atoms. The molecule has 2 rings (SSSR count). The molecule has 78 valence electrons. The first-order valence-electron chi connectivity index (χ1n) is 5.05. The molecule has 3 heteroatoms. The van der Waals surface area contributed by atoms with Gasteiger partial charge in [-0.2, -0.15) is 0 Å². The number of hydrogen-bond donors (Lipinski definition) is 0. The fraction of sp³-hybridized carbons (Fsp3) is 0.333. The van der Waals surface area contributed by atoms with Crippen molar-refractivity contribution in [2.24, 2.45) is 0 Å². The van der Waals surface area contributed by atoms with Gasteiger partial charge >= 0.3 is 0 Å². The molecule has 0 aliphatic carbocycles. The Morgan fingerprint density at radius 1 is 1.27 bits per heavy atom. The van der Waals surface area contributed by atoms with E-state index in [0.717, 1.165) is 22.0 Å². The van der Waals surface area contributed by atoms with E-state index in [0.29, 0.717) is 5.92 Å². The Bertz CT molecular complexity index is 443. The zero-order valence-corrected chi connectivity index (χ0v) is 10.0. The van der Waals surface area contributed by atoms with E-state index in [9.17, 15) is 0 Å². The van der Waals surface area contributed by atoms with Crippen LogP contribution in [-0.4, -0.2) is 9.97 Å². The molecular weight excluding hydrogens is 204 g/mol. The summed E-state index contributed by atoms with van der Waals surface area (Å²) >= 11 is 1.67. The summed E-state index contributed by atoms with van der Waals surface area (Å²) in [5, 5.41) is 3.17. The molecular formula is C12H14N2S. The smallest absolute Gasteiger partial charge is 0.0901 e. The van der Waals surface area contributed by atoms with Crippen molar-refractivity contribution >= 4 is 11.3 Å². The molecule has 2 aromatic heterocycles. The quantitative estimate of drug-likeness (QED) is 0.769. The fourth-order valence-electron chi connectivity index (χ4n) is 1.39. The minimum absolute atomic E-state index is 0.483. The van der Waals surface area contributed by atoms with Crippen molar-refractivity contribution in [3.05, 3.63) is 34.4 Å². The summed E-state index contributed by atoms with van der Waals surface area (Å²) < 4.78 is 0. The summed E-state index contributed by atoms with van der Waals surface area (Å²) in [5.74, 6) is 0.483. The van der Waals surface area contributed by atoms with Crippen molar-refractivity contribution in [1.29, 1.82) is 0 Å². The van der Waals surface area contributed by atoms with E-state index in [2.05, 4.69) is 41.3 Å². The lowest BCUT2D eigenvalue weighted by molar-refractivity contribution is 0.823. The summed E-state index contributed by atoms with van der Waals surface area (Å²) in [7, 11) is 0. The highest BCUT2D eigenvalue weighted by molar-refractivity contribution is 7.09. The second kappa shape index (κ2) is 4.11. The molecule has 0 fully saturated rings. The topological polar surface area (TPSA) is 25.8 Å². The molecule has 0 bridgehead atoms. The predicted octanol–water partition coefficient (Wildman–Crippen LogP) is 3.64. The van der Waals surface area contributed by atoms with Gasteiger partial charge in [0.05, 0.1) is 10.7 Å². The standard InChI is InChI=1S/C12H14N2S/c1-8(2)11-5-4-10(6-13-11)12-7-15-9(3)14-12/h4-8H,1-3H3. The van der Waals surface area contributed by atoms with Gasteiger partial charge < -0.3 is 0 Å². The van der Waals surface area contributed by atoms with E-state index in [1.54, 1.807) is 11.3 Å². The van der Waals surface area contributed by atoms with Crippen LogP contribution in [0.1, 0.15) is 30.5 Å². The van der Waals surface area contributed by atoms with Gasteiger partial charge in [-0.25, -0.2) is 4.98 Å². The highest BCUT2D eigenvalue weighted by Gasteiger charge is 2.04. The van der Waals surface area contributed by atoms with Gasteiger partial charge in [0.2, 0.25) is 0 Å². The maximum absolute atomic E-state index is 4.43. The molecule has 15 heavy (non-hydrogen) atoms. The largest absolute Gasteiger partial charge is 0.260 e. The van der Waals surface area contributed by atoms with Gasteiger partial charge in [-0.3, -0.25) is 4.98 Å². The Labute approximate surface area is 94.0 Å². The number of nitrogens with zero attached hydrogens (tertiary/aromatic N) is 2. The molecule has 2 heterocycles. The van der Waals surface area contributed by atoms with Crippen LogP contribution < -0.4 is 0 Å². The monoisotopic (exact) mass is 218 g/mol. The zero-order chi connectivity index (χ0) is 10.8. The van der Waals surface area contributed by atoms with Crippen LogP contribution in [0.3, 0.4) is 0 Å². The summed E-state index contributed by atoms with van der Waals surface area (Å²) in [4.78, 5) is 8.86. The number of hydrogen-bond acceptors (Lipinski definition) is 3. The molecule has 0 saturated carbocycles. The molecule has 0 atom stereocenters. The van der Waals surface area contributed by atoms with Crippen molar-refractivity contribution in [3.63, 3.8) is 0 Å². The summed E-state index contributed by atoms with van der Waals surface area (Å²) in [6.45, 7) is 6.31. The second-order valence-electron chi connectivity index (χ2n) is 3.88. The number of aromatic nitrogens is 2. The predicted molar refractivity (Wildman–Crippen MR) is 64.2 cm³/mol. The average Bonchev–Trinajstić information content (AvgIpc) is 2.65. The molecule has 0 aromatic carbocycles. The fourth-order valence-corrected chi connectivity index (χ4v) is 2.02. The number of aryl methyl sites for hydroxylation is 1. The van der Waals surface area contributed by atoms with Gasteiger partial charge in [0.15, 0.2) is 0 Å². The Kier molecular flexibility index (Phi) is 2.82. The average molecular weight is 218 g/mol. The van der Waals surface area contributed by atoms with Crippen LogP contribution in [0.25, 0.3) is 11.3 Å². The Hall–Kier alpha value is -1.22. The van der Waals surface area contributed by atoms with Crippen LogP contribution in [0.4, 0.5) is 0 Å². The number of pyridine rings is 1. The van der Waals surface area contributed by atoms with E-state index >= 15 is 0 Å². The van der Waals surface area contributed by atoms with E-state index in [1.165, 1.54) is 0 Å². The highest BCUT2D eigenvalue weighted by atomic mass is 32.1. The lowest BCUT2D eigenvalue weighted by atomic mass is 10.1. The SMILES string of the molecule is Cc1nc(-c2ccc(C(C)C)nc2)cs1. The molecule has 2 aromatic rings. The molecule has 2 nitrogen and oxygen atoms in total. The van der Waals surface area contributed by atoms with E-state index in [1.807, 2.05) is 13.1 Å². The minimum Gasteiger partial charge on any atom is -0.260 e. The van der Waals surface area contributed by atoms with Gasteiger partial charge in [-0.15, -0.1) is 11.3 Å². The number of thiazole rings is 1. The maximum Gasteiger partial charge on any atom is 0.0901 e. The molecule has 0 aliphatic heterocycles. The van der Waals surface area contributed by atoms with Gasteiger partial charge in [-0.05, 0) is 25.0 Å². The van der Waals surface area contributed by atoms with Crippen molar-refractivity contribution in [2.75, 3.05) is 0 Å². The third-order valence-corrected chi connectivity index (χ3v) is 3.07. The first kappa shape index (κ1) is 10.3. The molecule has 0 radical (unpaired) electrons. The van der Waals surface area contributed by atoms with Crippen LogP contribution in [-0.2, 0) is 0 Å². The van der Waals surface area contributed by atoms with Gasteiger partial charge in [-0.1, -0.05) is 13.8 Å². The first-order chi connectivity index (χ1) is 7.16. The highest BCUT2D eigenvalue weighted by Crippen LogP contribution is 2.22. The third kappa shape index (κ3) is 2.23. The summed E-state index contributed by atoms with van der Waals surface area (Å²) in [6.07, 6.45) is 1.91. The maximum atomic E-state index is 4.43. The Morgan fingerprint density at radius 2 is 2.07 bits per heavy atom. The molecule has 0 amide bonds. The summed E-state index contributed by atoms with van der Waals surface area (Å²) in [6, 6.07) is 4.17. The van der Waals surface area contributed by atoms with Crippen LogP contribution in [0.15, 0.2) is 23.7 Å². The molecule has 0 saturated heterocycles. The normalized spacial score (nSPS) is 10.9. The van der Waals surface area contributed by atoms with E-state index in [-0.39, 0.29) is 0 Å². The first-order valence-corrected chi connectivity index (χ1v) is 5.93. The lowest BCUT2D eigenvalue weighted by Gasteiger charge is -2.04. The summed E-state index contributed by atoms with van der Waals surface area (Å²) in [5.41, 5.74) is 3.26. The van der Waals surface area contributed by atoms with Crippen LogP contribution >= 0.6 is 11.3 Å². The van der Waals surface area contributed by atoms with Gasteiger partial charge in [0.1, 0.15) is 0 Å². The number of rotatable bonds is 2. The molecule has 0 aliphatic rings. The van der Waals surface area contributed by atoms with Crippen LogP contribution in [0.2, 0.25) is 0 Å². The van der Waals surface area contributed by atoms with Crippen molar-refractivity contribution < 1.29 is 0 Å². The lowest BCUT2D eigenvalue weighted by Crippen LogP contribution is -1.91. The van der Waals surface area contributed by atoms with E-state index in [4.69, 9.17) is 0 Å². The second-order valence-corrected chi connectivity index (χ2v) is 4.94. The van der Waals surface area contributed by atoms with Crippen molar-refractivity contribution in [2.45, 2.75) is 26.7 Å². The minimum atomic E-state index is 0.483. The van der Waals surface area contributed by atoms with Gasteiger partial charge in [0.25, 0.3) is 0 Å².